The van der Waals surface area contributed by atoms with E-state index in [1.165, 1.54) is 43.5 Å². The van der Waals surface area contributed by atoms with Gasteiger partial charge in [0.2, 0.25) is 0 Å². The molecule has 0 bridgehead atoms. The molecule has 136 valence electrons. The summed E-state index contributed by atoms with van der Waals surface area (Å²) >= 11 is 3.51. The first-order valence-electron chi connectivity index (χ1n) is 8.94. The van der Waals surface area contributed by atoms with Gasteiger partial charge >= 0.3 is 0 Å². The van der Waals surface area contributed by atoms with Crippen LogP contribution >= 0.6 is 22.7 Å². The highest BCUT2D eigenvalue weighted by Gasteiger charge is 2.33. The maximum atomic E-state index is 6.21. The number of hydrogen-bond donors (Lipinski definition) is 0. The van der Waals surface area contributed by atoms with E-state index < -0.39 is 0 Å². The molecular formula is C22H25NOS2. The van der Waals surface area contributed by atoms with E-state index in [2.05, 4.69) is 76.3 Å². The minimum atomic E-state index is 0.145. The molecule has 2 nitrogen and oxygen atoms in total. The molecule has 0 radical (unpaired) electrons. The molecule has 2 aromatic heterocycles. The summed E-state index contributed by atoms with van der Waals surface area (Å²) in [6, 6.07) is 4.70. The molecule has 3 aromatic rings. The van der Waals surface area contributed by atoms with Gasteiger partial charge in [0.25, 0.3) is 0 Å². The lowest BCUT2D eigenvalue weighted by Crippen LogP contribution is -2.19. The van der Waals surface area contributed by atoms with Crippen molar-refractivity contribution in [1.82, 2.24) is 0 Å². The van der Waals surface area contributed by atoms with Crippen LogP contribution in [-0.2, 0) is 5.41 Å². The molecule has 0 N–H and O–H groups in total. The summed E-state index contributed by atoms with van der Waals surface area (Å²) in [5.74, 6) is 1.94. The van der Waals surface area contributed by atoms with E-state index in [-0.39, 0.29) is 5.41 Å². The Balaban J connectivity index is 1.99. The monoisotopic (exact) mass is 383 g/mol. The third-order valence-corrected chi connectivity index (χ3v) is 6.82. The molecular weight excluding hydrogens is 358 g/mol. The third kappa shape index (κ3) is 2.58. The molecule has 26 heavy (non-hydrogen) atoms. The Morgan fingerprint density at radius 1 is 0.769 bits per heavy atom. The number of hydrogen-bond acceptors (Lipinski definition) is 4. The molecule has 0 saturated carbocycles. The van der Waals surface area contributed by atoms with Gasteiger partial charge in [-0.1, -0.05) is 32.9 Å². The maximum Gasteiger partial charge on any atom is 0.162 e. The fraction of sp³-hybridized carbons (Fsp3) is 0.364. The Bertz CT molecular complexity index is 935. The number of aryl methyl sites for hydroxylation is 4. The van der Waals surface area contributed by atoms with Crippen molar-refractivity contribution in [2.75, 3.05) is 4.90 Å². The summed E-state index contributed by atoms with van der Waals surface area (Å²) in [5, 5.41) is 4.25. The van der Waals surface area contributed by atoms with Crippen LogP contribution < -0.4 is 9.64 Å². The van der Waals surface area contributed by atoms with Crippen molar-refractivity contribution in [3.8, 4) is 11.5 Å². The first-order chi connectivity index (χ1) is 12.2. The van der Waals surface area contributed by atoms with Crippen LogP contribution in [0.2, 0.25) is 0 Å². The predicted octanol–water partition coefficient (Wildman–Crippen LogP) is 7.92. The largest absolute Gasteiger partial charge is 0.451 e. The minimum Gasteiger partial charge on any atom is -0.451 e. The van der Waals surface area contributed by atoms with Crippen LogP contribution in [0.5, 0.6) is 11.5 Å². The molecule has 0 aliphatic carbocycles. The molecule has 0 fully saturated rings. The number of rotatable bonds is 1. The van der Waals surface area contributed by atoms with Crippen molar-refractivity contribution in [3.63, 3.8) is 0 Å². The van der Waals surface area contributed by atoms with E-state index in [0.29, 0.717) is 0 Å². The van der Waals surface area contributed by atoms with Gasteiger partial charge in [-0.2, -0.15) is 0 Å². The third-order valence-electron chi connectivity index (χ3n) is 5.07. The molecule has 3 heterocycles. The smallest absolute Gasteiger partial charge is 0.162 e. The Kier molecular flexibility index (Phi) is 3.97. The zero-order valence-electron chi connectivity index (χ0n) is 16.5. The Hall–Kier alpha value is -1.78. The molecule has 1 aromatic carbocycles. The zero-order chi connectivity index (χ0) is 18.8. The topological polar surface area (TPSA) is 12.5 Å². The maximum absolute atomic E-state index is 6.21. The first-order valence-corrected chi connectivity index (χ1v) is 10.7. The second kappa shape index (κ2) is 5.86. The average Bonchev–Trinajstić information content (AvgIpc) is 3.09. The SMILES string of the molecule is Cc1cc(C(C)(C)C)cc(C)c1N1c2c(csc2C)Oc2csc(C)c21. The molecule has 1 aliphatic heterocycles. The highest BCUT2D eigenvalue weighted by molar-refractivity contribution is 7.11. The van der Waals surface area contributed by atoms with Gasteiger partial charge in [-0.15, -0.1) is 22.7 Å². The van der Waals surface area contributed by atoms with Crippen molar-refractivity contribution in [1.29, 1.82) is 0 Å². The predicted molar refractivity (Wildman–Crippen MR) is 115 cm³/mol. The van der Waals surface area contributed by atoms with Crippen LogP contribution in [0.25, 0.3) is 0 Å². The summed E-state index contributed by atoms with van der Waals surface area (Å²) in [5.41, 5.74) is 7.82. The van der Waals surface area contributed by atoms with Gasteiger partial charge in [-0.3, -0.25) is 0 Å². The summed E-state index contributed by atoms with van der Waals surface area (Å²) in [4.78, 5) is 5.01. The van der Waals surface area contributed by atoms with Crippen LogP contribution in [-0.4, -0.2) is 0 Å². The fourth-order valence-electron chi connectivity index (χ4n) is 3.73. The van der Waals surface area contributed by atoms with E-state index in [4.69, 9.17) is 4.74 Å². The van der Waals surface area contributed by atoms with Crippen LogP contribution in [0.15, 0.2) is 22.9 Å². The molecule has 0 atom stereocenters. The van der Waals surface area contributed by atoms with E-state index in [0.717, 1.165) is 11.5 Å². The van der Waals surface area contributed by atoms with E-state index >= 15 is 0 Å². The highest BCUT2D eigenvalue weighted by atomic mass is 32.1. The van der Waals surface area contributed by atoms with Gasteiger partial charge in [-0.05, 0) is 49.8 Å². The normalized spacial score (nSPS) is 13.4. The van der Waals surface area contributed by atoms with Crippen LogP contribution in [0.4, 0.5) is 17.1 Å². The highest BCUT2D eigenvalue weighted by Crippen LogP contribution is 2.57. The number of benzene rings is 1. The van der Waals surface area contributed by atoms with Gasteiger partial charge < -0.3 is 9.64 Å². The van der Waals surface area contributed by atoms with Gasteiger partial charge in [0.05, 0.1) is 5.69 Å². The molecule has 4 rings (SSSR count). The fourth-order valence-corrected chi connectivity index (χ4v) is 5.22. The standard InChI is InChI=1S/C22H25NOS2/c1-12-8-16(22(5,6)7)9-13(2)19(12)23-20-14(3)25-10-17(20)24-18-11-26-15(4)21(18)23/h8-11H,1-7H3. The minimum absolute atomic E-state index is 0.145. The Labute approximate surface area is 164 Å². The van der Waals surface area contributed by atoms with Crippen LogP contribution in [0.1, 0.15) is 47.2 Å². The summed E-state index contributed by atoms with van der Waals surface area (Å²) in [6.07, 6.45) is 0. The second-order valence-corrected chi connectivity index (χ2v) is 10.3. The second-order valence-electron chi connectivity index (χ2n) is 8.16. The van der Waals surface area contributed by atoms with E-state index in [1.54, 1.807) is 22.7 Å². The Morgan fingerprint density at radius 2 is 1.23 bits per heavy atom. The van der Waals surface area contributed by atoms with Crippen molar-refractivity contribution in [3.05, 3.63) is 49.3 Å². The lowest BCUT2D eigenvalue weighted by Gasteiger charge is -2.34. The number of thiophene rings is 2. The van der Waals surface area contributed by atoms with Crippen molar-refractivity contribution < 1.29 is 4.74 Å². The van der Waals surface area contributed by atoms with Gasteiger partial charge in [0, 0.05) is 20.5 Å². The molecule has 4 heteroatoms. The van der Waals surface area contributed by atoms with Crippen LogP contribution in [0.3, 0.4) is 0 Å². The number of anilines is 3. The van der Waals surface area contributed by atoms with E-state index in [1.807, 2.05) is 0 Å². The molecule has 0 spiro atoms. The van der Waals surface area contributed by atoms with E-state index in [9.17, 15) is 0 Å². The van der Waals surface area contributed by atoms with Gasteiger partial charge in [0.1, 0.15) is 11.4 Å². The Morgan fingerprint density at radius 3 is 1.65 bits per heavy atom. The van der Waals surface area contributed by atoms with Crippen molar-refractivity contribution in [2.45, 2.75) is 53.9 Å². The quantitative estimate of drug-likeness (QED) is 0.331. The molecule has 0 amide bonds. The first kappa shape index (κ1) is 17.6. The lowest BCUT2D eigenvalue weighted by atomic mass is 9.84. The lowest BCUT2D eigenvalue weighted by molar-refractivity contribution is 0.481. The number of fused-ring (bicyclic) bond motifs is 2. The molecule has 0 unspecified atom stereocenters. The molecule has 1 aliphatic rings. The number of nitrogens with zero attached hydrogens (tertiary/aromatic N) is 1. The van der Waals surface area contributed by atoms with Crippen molar-refractivity contribution >= 4 is 39.7 Å². The van der Waals surface area contributed by atoms with Crippen molar-refractivity contribution in [2.24, 2.45) is 0 Å². The molecule has 0 saturated heterocycles. The van der Waals surface area contributed by atoms with Gasteiger partial charge in [0.15, 0.2) is 11.5 Å². The van der Waals surface area contributed by atoms with Gasteiger partial charge in [-0.25, -0.2) is 0 Å². The average molecular weight is 384 g/mol. The zero-order valence-corrected chi connectivity index (χ0v) is 18.1. The number of ether oxygens (including phenoxy) is 1. The summed E-state index contributed by atoms with van der Waals surface area (Å²) in [6.45, 7) is 15.7. The summed E-state index contributed by atoms with van der Waals surface area (Å²) < 4.78 is 6.21. The summed E-state index contributed by atoms with van der Waals surface area (Å²) in [7, 11) is 0. The van der Waals surface area contributed by atoms with Crippen LogP contribution in [0, 0.1) is 27.7 Å².